The van der Waals surface area contributed by atoms with Gasteiger partial charge in [0.1, 0.15) is 11.9 Å². The molecule has 0 aliphatic rings. The fraction of sp³-hybridized carbons (Fsp3) is 0.385. The molecule has 2 rings (SSSR count). The maximum absolute atomic E-state index is 13.7. The fourth-order valence-corrected chi connectivity index (χ4v) is 2.03. The van der Waals surface area contributed by atoms with Crippen LogP contribution in [-0.4, -0.2) is 36.6 Å². The largest absolute Gasteiger partial charge is 0.309 e. The Bertz CT molecular complexity index is 809. The second-order valence-corrected chi connectivity index (χ2v) is 5.08. The van der Waals surface area contributed by atoms with E-state index in [0.717, 1.165) is 4.68 Å². The number of hydrogen-bond donors (Lipinski definition) is 1. The number of nitro groups is 1. The van der Waals surface area contributed by atoms with E-state index in [4.69, 9.17) is 0 Å². The van der Waals surface area contributed by atoms with Crippen molar-refractivity contribution in [3.63, 3.8) is 0 Å². The number of rotatable bonds is 6. The summed E-state index contributed by atoms with van der Waals surface area (Å²) in [5.74, 6) is -0.978. The molecule has 0 aliphatic heterocycles. The molecule has 10 nitrogen and oxygen atoms in total. The van der Waals surface area contributed by atoms with E-state index in [9.17, 15) is 19.3 Å². The van der Waals surface area contributed by atoms with E-state index in [2.05, 4.69) is 20.7 Å². The van der Waals surface area contributed by atoms with Gasteiger partial charge >= 0.3 is 5.69 Å². The van der Waals surface area contributed by atoms with Crippen molar-refractivity contribution < 1.29 is 14.1 Å². The summed E-state index contributed by atoms with van der Waals surface area (Å²) in [4.78, 5) is 21.9. The van der Waals surface area contributed by atoms with Crippen LogP contribution in [-0.2, 0) is 18.4 Å². The SMILES string of the molecule is Cc1nn(CCC(=O)N/N=C/c2c(C)nn(C)c2F)cc1[N+](=O)[O-]. The molecule has 2 heterocycles. The molecule has 1 amide bonds. The van der Waals surface area contributed by atoms with Crippen LogP contribution in [0, 0.1) is 29.9 Å². The lowest BCUT2D eigenvalue weighted by atomic mass is 10.3. The summed E-state index contributed by atoms with van der Waals surface area (Å²) in [6, 6.07) is 0. The van der Waals surface area contributed by atoms with Gasteiger partial charge in [-0.25, -0.2) is 10.1 Å². The van der Waals surface area contributed by atoms with E-state index in [0.29, 0.717) is 5.69 Å². The topological polar surface area (TPSA) is 120 Å². The van der Waals surface area contributed by atoms with Crippen LogP contribution in [0.15, 0.2) is 11.3 Å². The Kier molecular flexibility index (Phi) is 5.02. The highest BCUT2D eigenvalue weighted by molar-refractivity contribution is 5.83. The van der Waals surface area contributed by atoms with E-state index in [1.165, 1.54) is 31.1 Å². The highest BCUT2D eigenvalue weighted by atomic mass is 19.1. The Balaban J connectivity index is 1.89. The van der Waals surface area contributed by atoms with Crippen molar-refractivity contribution in [2.45, 2.75) is 26.8 Å². The first-order valence-electron chi connectivity index (χ1n) is 6.99. The number of halogens is 1. The first kappa shape index (κ1) is 17.2. The van der Waals surface area contributed by atoms with Crippen molar-refractivity contribution in [3.8, 4) is 0 Å². The van der Waals surface area contributed by atoms with Gasteiger partial charge in [-0.15, -0.1) is 0 Å². The van der Waals surface area contributed by atoms with Crippen LogP contribution in [0.5, 0.6) is 0 Å². The maximum atomic E-state index is 13.7. The van der Waals surface area contributed by atoms with Crippen LogP contribution in [0.2, 0.25) is 0 Å². The number of aryl methyl sites for hydroxylation is 4. The molecular formula is C13H16FN7O3. The van der Waals surface area contributed by atoms with Crippen molar-refractivity contribution in [3.05, 3.63) is 39.2 Å². The predicted octanol–water partition coefficient (Wildman–Crippen LogP) is 0.821. The van der Waals surface area contributed by atoms with E-state index in [-0.39, 0.29) is 29.9 Å². The number of aromatic nitrogens is 4. The van der Waals surface area contributed by atoms with Crippen molar-refractivity contribution in [2.24, 2.45) is 12.1 Å². The molecule has 0 spiro atoms. The highest BCUT2D eigenvalue weighted by Crippen LogP contribution is 2.15. The third kappa shape index (κ3) is 3.80. The van der Waals surface area contributed by atoms with E-state index in [1.807, 2.05) is 0 Å². The summed E-state index contributed by atoms with van der Waals surface area (Å²) < 4.78 is 16.0. The van der Waals surface area contributed by atoms with Gasteiger partial charge in [-0.3, -0.25) is 19.6 Å². The average Bonchev–Trinajstić information content (AvgIpc) is 2.99. The molecule has 0 atom stereocenters. The number of nitrogens with zero attached hydrogens (tertiary/aromatic N) is 6. The van der Waals surface area contributed by atoms with Crippen molar-refractivity contribution >= 4 is 17.8 Å². The molecule has 128 valence electrons. The van der Waals surface area contributed by atoms with Crippen molar-refractivity contribution in [1.82, 2.24) is 25.0 Å². The molecule has 24 heavy (non-hydrogen) atoms. The summed E-state index contributed by atoms with van der Waals surface area (Å²) >= 11 is 0. The summed E-state index contributed by atoms with van der Waals surface area (Å²) in [7, 11) is 1.46. The zero-order chi connectivity index (χ0) is 17.9. The summed E-state index contributed by atoms with van der Waals surface area (Å²) in [6.07, 6.45) is 2.46. The lowest BCUT2D eigenvalue weighted by Crippen LogP contribution is -2.19. The number of amides is 1. The molecule has 0 aromatic carbocycles. The zero-order valence-electron chi connectivity index (χ0n) is 13.4. The van der Waals surface area contributed by atoms with Gasteiger partial charge in [-0.05, 0) is 13.8 Å². The zero-order valence-corrected chi connectivity index (χ0v) is 13.4. The number of nitrogens with one attached hydrogen (secondary N) is 1. The molecule has 0 unspecified atom stereocenters. The van der Waals surface area contributed by atoms with Crippen molar-refractivity contribution in [1.29, 1.82) is 0 Å². The van der Waals surface area contributed by atoms with Gasteiger partial charge in [0.2, 0.25) is 11.9 Å². The molecule has 0 bridgehead atoms. The van der Waals surface area contributed by atoms with Gasteiger partial charge in [-0.2, -0.15) is 19.7 Å². The van der Waals surface area contributed by atoms with Crippen LogP contribution < -0.4 is 5.43 Å². The molecule has 11 heteroatoms. The lowest BCUT2D eigenvalue weighted by Gasteiger charge is -2.00. The van der Waals surface area contributed by atoms with E-state index >= 15 is 0 Å². The fourth-order valence-electron chi connectivity index (χ4n) is 2.03. The van der Waals surface area contributed by atoms with Crippen LogP contribution in [0.1, 0.15) is 23.4 Å². The molecule has 0 fully saturated rings. The molecule has 2 aromatic rings. The second-order valence-electron chi connectivity index (χ2n) is 5.08. The Labute approximate surface area is 136 Å². The molecular weight excluding hydrogens is 321 g/mol. The Morgan fingerprint density at radius 1 is 1.46 bits per heavy atom. The number of carbonyl (C=O) groups excluding carboxylic acids is 1. The smallest absolute Gasteiger partial charge is 0.273 e. The van der Waals surface area contributed by atoms with Crippen LogP contribution in [0.3, 0.4) is 0 Å². The van der Waals surface area contributed by atoms with Gasteiger partial charge < -0.3 is 0 Å². The number of hydrogen-bond acceptors (Lipinski definition) is 6. The normalized spacial score (nSPS) is 11.2. The summed E-state index contributed by atoms with van der Waals surface area (Å²) in [5, 5.41) is 22.2. The Morgan fingerprint density at radius 2 is 2.17 bits per heavy atom. The number of carbonyl (C=O) groups is 1. The molecule has 1 N–H and O–H groups in total. The van der Waals surface area contributed by atoms with Gasteiger partial charge in [0.25, 0.3) is 0 Å². The van der Waals surface area contributed by atoms with Gasteiger partial charge in [0, 0.05) is 13.5 Å². The van der Waals surface area contributed by atoms with Gasteiger partial charge in [-0.1, -0.05) is 0 Å². The van der Waals surface area contributed by atoms with Crippen molar-refractivity contribution in [2.75, 3.05) is 0 Å². The second kappa shape index (κ2) is 6.98. The van der Waals surface area contributed by atoms with Gasteiger partial charge in [0.05, 0.1) is 28.9 Å². The first-order valence-corrected chi connectivity index (χ1v) is 6.99. The molecule has 0 aliphatic carbocycles. The van der Waals surface area contributed by atoms with Gasteiger partial charge in [0.15, 0.2) is 0 Å². The minimum absolute atomic E-state index is 0.0180. The standard InChI is InChI=1S/C13H16FN7O3/c1-8-10(13(14)19(3)17-8)6-15-16-12(22)4-5-20-7-11(21(23)24)9(2)18-20/h6-7H,4-5H2,1-3H3,(H,16,22)/b15-6+. The van der Waals surface area contributed by atoms with Crippen LogP contribution in [0.4, 0.5) is 10.1 Å². The molecule has 0 saturated heterocycles. The molecule has 2 aromatic heterocycles. The summed E-state index contributed by atoms with van der Waals surface area (Å²) in [5.41, 5.74) is 3.08. The number of hydrazone groups is 1. The quantitative estimate of drug-likeness (QED) is 0.475. The van der Waals surface area contributed by atoms with Crippen LogP contribution >= 0.6 is 0 Å². The monoisotopic (exact) mass is 337 g/mol. The third-order valence-corrected chi connectivity index (χ3v) is 3.26. The average molecular weight is 337 g/mol. The Hall–Kier alpha value is -3.11. The predicted molar refractivity (Wildman–Crippen MR) is 81.9 cm³/mol. The third-order valence-electron chi connectivity index (χ3n) is 3.26. The van der Waals surface area contributed by atoms with E-state index < -0.39 is 16.8 Å². The highest BCUT2D eigenvalue weighted by Gasteiger charge is 2.15. The molecule has 0 saturated carbocycles. The van der Waals surface area contributed by atoms with Crippen LogP contribution in [0.25, 0.3) is 0 Å². The minimum Gasteiger partial charge on any atom is -0.273 e. The summed E-state index contributed by atoms with van der Waals surface area (Å²) in [6.45, 7) is 3.30. The lowest BCUT2D eigenvalue weighted by molar-refractivity contribution is -0.385. The molecule has 0 radical (unpaired) electrons. The maximum Gasteiger partial charge on any atom is 0.309 e. The first-order chi connectivity index (χ1) is 11.3. The minimum atomic E-state index is -0.551. The van der Waals surface area contributed by atoms with E-state index in [1.54, 1.807) is 6.92 Å². The Morgan fingerprint density at radius 3 is 2.71 bits per heavy atom.